The Bertz CT molecular complexity index is 654. The Morgan fingerprint density at radius 1 is 1.05 bits per heavy atom. The predicted octanol–water partition coefficient (Wildman–Crippen LogP) is 3.27. The molecule has 5 heteroatoms. The van der Waals surface area contributed by atoms with E-state index < -0.39 is 5.97 Å². The molecule has 0 bridgehead atoms. The number of carbonyl (C=O) groups is 2. The molecule has 21 heavy (non-hydrogen) atoms. The highest BCUT2D eigenvalue weighted by atomic mass is 16.4. The van der Waals surface area contributed by atoms with Gasteiger partial charge in [0.2, 0.25) is 0 Å². The molecular weight excluding hydrogens is 268 g/mol. The second kappa shape index (κ2) is 6.56. The van der Waals surface area contributed by atoms with Crippen molar-refractivity contribution in [1.29, 1.82) is 0 Å². The van der Waals surface area contributed by atoms with Gasteiger partial charge in [0.15, 0.2) is 0 Å². The maximum absolute atomic E-state index is 11.9. The van der Waals surface area contributed by atoms with Crippen molar-refractivity contribution in [2.75, 3.05) is 10.6 Å². The van der Waals surface area contributed by atoms with Crippen molar-refractivity contribution in [3.8, 4) is 0 Å². The van der Waals surface area contributed by atoms with Gasteiger partial charge in [0.1, 0.15) is 0 Å². The smallest absolute Gasteiger partial charge is 0.323 e. The fourth-order valence-electron chi connectivity index (χ4n) is 1.96. The molecule has 108 valence electrons. The van der Waals surface area contributed by atoms with Gasteiger partial charge in [0, 0.05) is 11.4 Å². The highest BCUT2D eigenvalue weighted by Gasteiger charge is 2.07. The third-order valence-corrected chi connectivity index (χ3v) is 2.93. The SMILES string of the molecule is Cc1cc(CC(=O)O)ccc1NC(=O)Nc1ccccc1. The van der Waals surface area contributed by atoms with E-state index in [1.54, 1.807) is 30.3 Å². The molecule has 5 nitrogen and oxygen atoms in total. The van der Waals surface area contributed by atoms with Gasteiger partial charge in [0.05, 0.1) is 6.42 Å². The molecule has 2 amide bonds. The van der Waals surface area contributed by atoms with Gasteiger partial charge >= 0.3 is 12.0 Å². The number of carboxylic acid groups (broad SMARTS) is 1. The van der Waals surface area contributed by atoms with E-state index in [2.05, 4.69) is 10.6 Å². The molecule has 0 aliphatic heterocycles. The zero-order chi connectivity index (χ0) is 15.2. The molecule has 0 heterocycles. The third kappa shape index (κ3) is 4.35. The zero-order valence-electron chi connectivity index (χ0n) is 11.6. The number of benzene rings is 2. The molecule has 0 saturated carbocycles. The summed E-state index contributed by atoms with van der Waals surface area (Å²) in [5.74, 6) is -0.878. The highest BCUT2D eigenvalue weighted by Crippen LogP contribution is 2.17. The maximum Gasteiger partial charge on any atom is 0.323 e. The molecule has 0 aliphatic rings. The lowest BCUT2D eigenvalue weighted by Crippen LogP contribution is -2.20. The molecule has 0 fully saturated rings. The molecular formula is C16H16N2O3. The maximum atomic E-state index is 11.9. The van der Waals surface area contributed by atoms with Crippen LogP contribution in [0.3, 0.4) is 0 Å². The van der Waals surface area contributed by atoms with E-state index >= 15 is 0 Å². The van der Waals surface area contributed by atoms with Crippen LogP contribution in [0.15, 0.2) is 48.5 Å². The van der Waals surface area contributed by atoms with Crippen LogP contribution in [0.25, 0.3) is 0 Å². The van der Waals surface area contributed by atoms with Gasteiger partial charge in [0.25, 0.3) is 0 Å². The Kier molecular flexibility index (Phi) is 4.56. The number of rotatable bonds is 4. The predicted molar refractivity (Wildman–Crippen MR) is 81.6 cm³/mol. The van der Waals surface area contributed by atoms with Crippen molar-refractivity contribution in [3.05, 3.63) is 59.7 Å². The summed E-state index contributed by atoms with van der Waals surface area (Å²) in [6.45, 7) is 1.82. The van der Waals surface area contributed by atoms with Crippen LogP contribution in [0.4, 0.5) is 16.2 Å². The summed E-state index contributed by atoms with van der Waals surface area (Å²) in [6.07, 6.45) is -0.0304. The second-order valence-electron chi connectivity index (χ2n) is 4.66. The summed E-state index contributed by atoms with van der Waals surface area (Å²) >= 11 is 0. The van der Waals surface area contributed by atoms with Gasteiger partial charge < -0.3 is 15.7 Å². The third-order valence-electron chi connectivity index (χ3n) is 2.93. The first-order valence-corrected chi connectivity index (χ1v) is 6.49. The summed E-state index contributed by atoms with van der Waals surface area (Å²) in [6, 6.07) is 13.9. The lowest BCUT2D eigenvalue weighted by atomic mass is 10.1. The molecule has 0 atom stereocenters. The van der Waals surface area contributed by atoms with Crippen LogP contribution in [0.1, 0.15) is 11.1 Å². The van der Waals surface area contributed by atoms with Crippen molar-refractivity contribution in [2.24, 2.45) is 0 Å². The highest BCUT2D eigenvalue weighted by molar-refractivity contribution is 6.00. The molecule has 3 N–H and O–H groups in total. The lowest BCUT2D eigenvalue weighted by molar-refractivity contribution is -0.136. The van der Waals surface area contributed by atoms with E-state index in [1.165, 1.54) is 0 Å². The van der Waals surface area contributed by atoms with Crippen LogP contribution in [-0.4, -0.2) is 17.1 Å². The molecule has 0 aliphatic carbocycles. The minimum absolute atomic E-state index is 0.0304. The second-order valence-corrected chi connectivity index (χ2v) is 4.66. The summed E-state index contributed by atoms with van der Waals surface area (Å²) < 4.78 is 0. The topological polar surface area (TPSA) is 78.4 Å². The van der Waals surface area contributed by atoms with E-state index in [1.807, 2.05) is 25.1 Å². The molecule has 2 rings (SSSR count). The number of amides is 2. The molecule has 2 aromatic carbocycles. The summed E-state index contributed by atoms with van der Waals surface area (Å²) in [5.41, 5.74) is 2.87. The minimum atomic E-state index is -0.878. The van der Waals surface area contributed by atoms with Gasteiger partial charge in [-0.05, 0) is 36.2 Å². The first-order chi connectivity index (χ1) is 10.0. The van der Waals surface area contributed by atoms with Gasteiger partial charge in [-0.25, -0.2) is 4.79 Å². The van der Waals surface area contributed by atoms with E-state index in [9.17, 15) is 9.59 Å². The Morgan fingerprint density at radius 3 is 2.38 bits per heavy atom. The largest absolute Gasteiger partial charge is 0.481 e. The Morgan fingerprint density at radius 2 is 1.76 bits per heavy atom. The van der Waals surface area contributed by atoms with Gasteiger partial charge in [-0.2, -0.15) is 0 Å². The normalized spacial score (nSPS) is 9.95. The van der Waals surface area contributed by atoms with Crippen molar-refractivity contribution in [3.63, 3.8) is 0 Å². The number of carboxylic acids is 1. The number of carbonyl (C=O) groups excluding carboxylic acids is 1. The van der Waals surface area contributed by atoms with Crippen LogP contribution in [-0.2, 0) is 11.2 Å². The molecule has 0 saturated heterocycles. The van der Waals surface area contributed by atoms with Crippen LogP contribution < -0.4 is 10.6 Å². The summed E-state index contributed by atoms with van der Waals surface area (Å²) in [4.78, 5) is 22.5. The van der Waals surface area contributed by atoms with Crippen molar-refractivity contribution >= 4 is 23.4 Å². The molecule has 0 radical (unpaired) electrons. The first kappa shape index (κ1) is 14.6. The standard InChI is InChI=1S/C16H16N2O3/c1-11-9-12(10-15(19)20)7-8-14(11)18-16(21)17-13-5-3-2-4-6-13/h2-9H,10H2,1H3,(H,19,20)(H2,17,18,21). The zero-order valence-corrected chi connectivity index (χ0v) is 11.6. The van der Waals surface area contributed by atoms with E-state index in [0.717, 1.165) is 5.56 Å². The van der Waals surface area contributed by atoms with Gasteiger partial charge in [-0.3, -0.25) is 4.79 Å². The number of hydrogen-bond acceptors (Lipinski definition) is 2. The number of hydrogen-bond donors (Lipinski definition) is 3. The van der Waals surface area contributed by atoms with Crippen molar-refractivity contribution < 1.29 is 14.7 Å². The van der Waals surface area contributed by atoms with Crippen LogP contribution in [0, 0.1) is 6.92 Å². The number of para-hydroxylation sites is 1. The molecule has 0 spiro atoms. The van der Waals surface area contributed by atoms with Crippen LogP contribution in [0.2, 0.25) is 0 Å². The Hall–Kier alpha value is -2.82. The number of aryl methyl sites for hydroxylation is 1. The number of anilines is 2. The Balaban J connectivity index is 2.02. The molecule has 2 aromatic rings. The average molecular weight is 284 g/mol. The van der Waals surface area contributed by atoms with E-state index in [4.69, 9.17) is 5.11 Å². The summed E-state index contributed by atoms with van der Waals surface area (Å²) in [5, 5.41) is 14.2. The average Bonchev–Trinajstić information content (AvgIpc) is 2.42. The van der Waals surface area contributed by atoms with Crippen LogP contribution in [0.5, 0.6) is 0 Å². The number of urea groups is 1. The van der Waals surface area contributed by atoms with Crippen LogP contribution >= 0.6 is 0 Å². The van der Waals surface area contributed by atoms with E-state index in [-0.39, 0.29) is 12.5 Å². The number of aliphatic carboxylic acids is 1. The van der Waals surface area contributed by atoms with Crippen molar-refractivity contribution in [1.82, 2.24) is 0 Å². The molecule has 0 aromatic heterocycles. The minimum Gasteiger partial charge on any atom is -0.481 e. The first-order valence-electron chi connectivity index (χ1n) is 6.49. The van der Waals surface area contributed by atoms with Gasteiger partial charge in [-0.15, -0.1) is 0 Å². The fourth-order valence-corrected chi connectivity index (χ4v) is 1.96. The van der Waals surface area contributed by atoms with Crippen molar-refractivity contribution in [2.45, 2.75) is 13.3 Å². The monoisotopic (exact) mass is 284 g/mol. The lowest BCUT2D eigenvalue weighted by Gasteiger charge is -2.11. The van der Waals surface area contributed by atoms with E-state index in [0.29, 0.717) is 16.9 Å². The van der Waals surface area contributed by atoms with Gasteiger partial charge in [-0.1, -0.05) is 30.3 Å². The Labute approximate surface area is 122 Å². The number of nitrogens with one attached hydrogen (secondary N) is 2. The quantitative estimate of drug-likeness (QED) is 0.806. The molecule has 0 unspecified atom stereocenters. The fraction of sp³-hybridized carbons (Fsp3) is 0.125. The summed E-state index contributed by atoms with van der Waals surface area (Å²) in [7, 11) is 0.